The first-order valence-electron chi connectivity index (χ1n) is 11.1. The Labute approximate surface area is 192 Å². The van der Waals surface area contributed by atoms with Gasteiger partial charge in [-0.3, -0.25) is 0 Å². The number of hydrogen-bond donors (Lipinski definition) is 1. The number of aromatic amines is 1. The zero-order chi connectivity index (χ0) is 22.8. The van der Waals surface area contributed by atoms with Crippen molar-refractivity contribution in [2.75, 3.05) is 0 Å². The number of aromatic nitrogens is 7. The monoisotopic (exact) mass is 435 g/mol. The Morgan fingerprint density at radius 1 is 1.00 bits per heavy atom. The van der Waals surface area contributed by atoms with Crippen LogP contribution >= 0.6 is 0 Å². The van der Waals surface area contributed by atoms with Gasteiger partial charge in [0, 0.05) is 28.9 Å². The van der Waals surface area contributed by atoms with Gasteiger partial charge in [0.1, 0.15) is 0 Å². The Morgan fingerprint density at radius 3 is 2.52 bits per heavy atom. The van der Waals surface area contributed by atoms with Gasteiger partial charge in [-0.2, -0.15) is 10.3 Å². The Balaban J connectivity index is 1.52. The molecule has 0 fully saturated rings. The van der Waals surface area contributed by atoms with Gasteiger partial charge in [0.25, 0.3) is 0 Å². The van der Waals surface area contributed by atoms with Gasteiger partial charge in [-0.25, -0.2) is 9.50 Å². The van der Waals surface area contributed by atoms with Crippen LogP contribution in [0.4, 0.5) is 0 Å². The number of fused-ring (bicyclic) bond motifs is 1. The van der Waals surface area contributed by atoms with E-state index in [1.54, 1.807) is 0 Å². The highest BCUT2D eigenvalue weighted by Crippen LogP contribution is 2.30. The molecule has 3 heterocycles. The first-order valence-corrected chi connectivity index (χ1v) is 11.1. The third-order valence-corrected chi connectivity index (χ3v) is 5.69. The summed E-state index contributed by atoms with van der Waals surface area (Å²) in [5.41, 5.74) is 9.46. The predicted molar refractivity (Wildman–Crippen MR) is 130 cm³/mol. The molecular formula is C26H25N7. The number of nitrogens with zero attached hydrogens (tertiary/aromatic N) is 6. The summed E-state index contributed by atoms with van der Waals surface area (Å²) in [6.45, 7) is 6.23. The lowest BCUT2D eigenvalue weighted by Crippen LogP contribution is -1.98. The molecule has 0 aliphatic heterocycles. The second kappa shape index (κ2) is 8.78. The normalized spacial score (nSPS) is 11.6. The molecule has 0 unspecified atom stereocenters. The van der Waals surface area contributed by atoms with Crippen molar-refractivity contribution in [2.45, 2.75) is 33.6 Å². The molecule has 33 heavy (non-hydrogen) atoms. The quantitative estimate of drug-likeness (QED) is 0.396. The number of hydrogen-bond acceptors (Lipinski definition) is 5. The molecule has 164 valence electrons. The minimum atomic E-state index is 0.588. The molecule has 0 radical (unpaired) electrons. The molecule has 7 nitrogen and oxygen atoms in total. The molecule has 3 aromatic heterocycles. The molecule has 0 aliphatic carbocycles. The van der Waals surface area contributed by atoms with Crippen LogP contribution in [0.3, 0.4) is 0 Å². The highest BCUT2D eigenvalue weighted by Gasteiger charge is 2.15. The largest absolute Gasteiger partial charge is 0.234 e. The highest BCUT2D eigenvalue weighted by atomic mass is 15.5. The van der Waals surface area contributed by atoms with Gasteiger partial charge in [0.05, 0.1) is 5.69 Å². The number of rotatable bonds is 6. The second-order valence-corrected chi connectivity index (χ2v) is 8.10. The van der Waals surface area contributed by atoms with Crippen molar-refractivity contribution in [2.24, 2.45) is 0 Å². The molecular weight excluding hydrogens is 410 g/mol. The fourth-order valence-electron chi connectivity index (χ4n) is 4.13. The van der Waals surface area contributed by atoms with Crippen molar-refractivity contribution < 1.29 is 0 Å². The van der Waals surface area contributed by atoms with E-state index in [-0.39, 0.29) is 0 Å². The average Bonchev–Trinajstić information content (AvgIpc) is 3.48. The fourth-order valence-corrected chi connectivity index (χ4v) is 4.13. The SMILES string of the molecule is CC/C=C/c1nn2c(C)cc(C)nc2c1Cc1ccc(-c2ccccc2-c2nn[nH]n2)cc1. The van der Waals surface area contributed by atoms with Crippen LogP contribution in [0.2, 0.25) is 0 Å². The zero-order valence-corrected chi connectivity index (χ0v) is 18.9. The Kier molecular flexibility index (Phi) is 5.52. The maximum absolute atomic E-state index is 4.84. The molecule has 2 aromatic carbocycles. The zero-order valence-electron chi connectivity index (χ0n) is 18.9. The smallest absolute Gasteiger partial charge is 0.205 e. The van der Waals surface area contributed by atoms with E-state index in [9.17, 15) is 0 Å². The van der Waals surface area contributed by atoms with Crippen LogP contribution in [0, 0.1) is 13.8 Å². The van der Waals surface area contributed by atoms with E-state index in [2.05, 4.69) is 83.0 Å². The summed E-state index contributed by atoms with van der Waals surface area (Å²) in [6, 6.07) is 18.8. The molecule has 0 amide bonds. The van der Waals surface area contributed by atoms with E-state index >= 15 is 0 Å². The van der Waals surface area contributed by atoms with E-state index in [1.807, 2.05) is 29.6 Å². The molecule has 7 heteroatoms. The van der Waals surface area contributed by atoms with E-state index in [0.29, 0.717) is 5.82 Å². The van der Waals surface area contributed by atoms with Gasteiger partial charge < -0.3 is 0 Å². The standard InChI is InChI=1S/C26H25N7/c1-4-5-10-24-23(26-27-17(2)15-18(3)33(26)30-24)16-19-11-13-20(14-12-19)21-8-6-7-9-22(21)25-28-31-32-29-25/h5-15H,4,16H2,1-3H3,(H,28,29,31,32)/b10-5+. The summed E-state index contributed by atoms with van der Waals surface area (Å²) in [7, 11) is 0. The van der Waals surface area contributed by atoms with E-state index in [1.165, 1.54) is 5.56 Å². The van der Waals surface area contributed by atoms with Gasteiger partial charge >= 0.3 is 0 Å². The van der Waals surface area contributed by atoms with Crippen LogP contribution in [0.15, 0.2) is 60.7 Å². The summed E-state index contributed by atoms with van der Waals surface area (Å²) in [5, 5.41) is 19.4. The van der Waals surface area contributed by atoms with Crippen LogP contribution in [0.5, 0.6) is 0 Å². The van der Waals surface area contributed by atoms with E-state index in [0.717, 1.165) is 57.8 Å². The summed E-state index contributed by atoms with van der Waals surface area (Å²) in [6.07, 6.45) is 5.97. The lowest BCUT2D eigenvalue weighted by Gasteiger charge is -2.08. The summed E-state index contributed by atoms with van der Waals surface area (Å²) >= 11 is 0. The molecule has 0 saturated carbocycles. The van der Waals surface area contributed by atoms with Crippen molar-refractivity contribution in [3.63, 3.8) is 0 Å². The minimum absolute atomic E-state index is 0.588. The predicted octanol–water partition coefficient (Wildman–Crippen LogP) is 5.21. The maximum Gasteiger partial charge on any atom is 0.205 e. The summed E-state index contributed by atoms with van der Waals surface area (Å²) < 4.78 is 1.95. The van der Waals surface area contributed by atoms with Crippen LogP contribution in [0.25, 0.3) is 34.2 Å². The molecule has 0 atom stereocenters. The van der Waals surface area contributed by atoms with Crippen molar-refractivity contribution in [1.82, 2.24) is 35.2 Å². The molecule has 5 rings (SSSR count). The fraction of sp³-hybridized carbons (Fsp3) is 0.192. The van der Waals surface area contributed by atoms with Crippen LogP contribution in [0.1, 0.15) is 41.6 Å². The highest BCUT2D eigenvalue weighted by molar-refractivity contribution is 5.80. The number of benzene rings is 2. The Hall–Kier alpha value is -4.13. The number of H-pyrrole nitrogens is 1. The first-order chi connectivity index (χ1) is 16.1. The number of tetrazole rings is 1. The van der Waals surface area contributed by atoms with Crippen molar-refractivity contribution in [1.29, 1.82) is 0 Å². The third-order valence-electron chi connectivity index (χ3n) is 5.69. The maximum atomic E-state index is 4.84. The van der Waals surface area contributed by atoms with Crippen molar-refractivity contribution >= 4 is 11.7 Å². The lowest BCUT2D eigenvalue weighted by molar-refractivity contribution is 0.881. The van der Waals surface area contributed by atoms with Gasteiger partial charge in [-0.15, -0.1) is 10.2 Å². The molecule has 5 aromatic rings. The molecule has 0 spiro atoms. The van der Waals surface area contributed by atoms with Gasteiger partial charge in [-0.05, 0) is 54.3 Å². The lowest BCUT2D eigenvalue weighted by atomic mass is 9.96. The Bertz CT molecular complexity index is 1430. The molecule has 1 N–H and O–H groups in total. The van der Waals surface area contributed by atoms with Gasteiger partial charge in [-0.1, -0.05) is 61.5 Å². The molecule has 0 aliphatic rings. The van der Waals surface area contributed by atoms with Crippen LogP contribution in [-0.4, -0.2) is 35.2 Å². The topological polar surface area (TPSA) is 84.6 Å². The minimum Gasteiger partial charge on any atom is -0.234 e. The number of allylic oxidation sites excluding steroid dienone is 1. The Morgan fingerprint density at radius 2 is 1.79 bits per heavy atom. The molecule has 0 bridgehead atoms. The van der Waals surface area contributed by atoms with Gasteiger partial charge in [0.15, 0.2) is 5.65 Å². The first kappa shape index (κ1) is 20.8. The van der Waals surface area contributed by atoms with Gasteiger partial charge in [0.2, 0.25) is 5.82 Å². The molecule has 0 saturated heterocycles. The van der Waals surface area contributed by atoms with Crippen LogP contribution in [-0.2, 0) is 6.42 Å². The van der Waals surface area contributed by atoms with Crippen molar-refractivity contribution in [3.05, 3.63) is 88.9 Å². The number of aryl methyl sites for hydroxylation is 2. The average molecular weight is 436 g/mol. The van der Waals surface area contributed by atoms with E-state index in [4.69, 9.17) is 10.1 Å². The second-order valence-electron chi connectivity index (χ2n) is 8.10. The summed E-state index contributed by atoms with van der Waals surface area (Å²) in [4.78, 5) is 4.81. The summed E-state index contributed by atoms with van der Waals surface area (Å²) in [5.74, 6) is 0.588. The van der Waals surface area contributed by atoms with Crippen molar-refractivity contribution in [3.8, 4) is 22.5 Å². The third kappa shape index (κ3) is 4.05. The van der Waals surface area contributed by atoms with E-state index < -0.39 is 0 Å². The number of nitrogens with one attached hydrogen (secondary N) is 1. The van der Waals surface area contributed by atoms with Crippen LogP contribution < -0.4 is 0 Å².